The number of rotatable bonds is 0. The van der Waals surface area contributed by atoms with Gasteiger partial charge in [-0.3, -0.25) is 4.99 Å². The summed E-state index contributed by atoms with van der Waals surface area (Å²) in [4.78, 5) is 8.93. The van der Waals surface area contributed by atoms with Crippen molar-refractivity contribution in [3.05, 3.63) is 28.6 Å². The van der Waals surface area contributed by atoms with E-state index in [1.54, 1.807) is 0 Å². The molecule has 0 atom stereocenters. The summed E-state index contributed by atoms with van der Waals surface area (Å²) >= 11 is 0. The molecule has 0 N–H and O–H groups in total. The van der Waals surface area contributed by atoms with Gasteiger partial charge in [-0.15, -0.1) is 0 Å². The molecule has 3 rings (SSSR count). The van der Waals surface area contributed by atoms with E-state index < -0.39 is 0 Å². The van der Waals surface area contributed by atoms with Gasteiger partial charge in [-0.25, -0.2) is 4.98 Å². The fourth-order valence-corrected chi connectivity index (χ4v) is 2.48. The van der Waals surface area contributed by atoms with Crippen LogP contribution in [-0.4, -0.2) is 22.3 Å². The number of aromatic nitrogens is 2. The first kappa shape index (κ1) is 9.58. The second kappa shape index (κ2) is 3.17. The lowest BCUT2D eigenvalue weighted by atomic mass is 10.1. The van der Waals surface area contributed by atoms with Gasteiger partial charge in [0.25, 0.3) is 0 Å². The number of aryl methyl sites for hydroxylation is 3. The minimum atomic E-state index is 0.866. The Hall–Kier alpha value is -1.64. The molecule has 0 spiro atoms. The molecule has 82 valence electrons. The molecular weight excluding hydrogens is 198 g/mol. The average molecular weight is 213 g/mol. The average Bonchev–Trinajstić information content (AvgIpc) is 2.59. The molecule has 0 unspecified atom stereocenters. The second-order valence-electron chi connectivity index (χ2n) is 4.46. The summed E-state index contributed by atoms with van der Waals surface area (Å²) in [6.07, 6.45) is 3.95. The monoisotopic (exact) mass is 213 g/mol. The van der Waals surface area contributed by atoms with Crippen molar-refractivity contribution >= 4 is 17.2 Å². The summed E-state index contributed by atoms with van der Waals surface area (Å²) in [7, 11) is 0. The van der Waals surface area contributed by atoms with Crippen molar-refractivity contribution in [3.63, 3.8) is 0 Å². The normalized spacial score (nSPS) is 14.4. The first-order valence-electron chi connectivity index (χ1n) is 5.65. The van der Waals surface area contributed by atoms with Crippen LogP contribution in [0.2, 0.25) is 0 Å². The molecule has 0 saturated heterocycles. The molecule has 0 bridgehead atoms. The molecule has 2 aromatic heterocycles. The minimum Gasteiger partial charge on any atom is -0.322 e. The Kier molecular flexibility index (Phi) is 1.90. The lowest BCUT2D eigenvalue weighted by molar-refractivity contribution is 0.708. The van der Waals surface area contributed by atoms with Crippen molar-refractivity contribution in [1.82, 2.24) is 9.55 Å². The quantitative estimate of drug-likeness (QED) is 0.661. The van der Waals surface area contributed by atoms with Gasteiger partial charge in [0.1, 0.15) is 5.65 Å². The van der Waals surface area contributed by atoms with Crippen molar-refractivity contribution in [2.45, 2.75) is 27.3 Å². The van der Waals surface area contributed by atoms with Gasteiger partial charge in [0.05, 0.1) is 12.2 Å². The molecule has 3 heterocycles. The van der Waals surface area contributed by atoms with Crippen LogP contribution in [-0.2, 0) is 6.54 Å². The van der Waals surface area contributed by atoms with Crippen molar-refractivity contribution in [2.24, 2.45) is 4.99 Å². The van der Waals surface area contributed by atoms with Gasteiger partial charge in [0, 0.05) is 24.3 Å². The minimum absolute atomic E-state index is 0.866. The highest BCUT2D eigenvalue weighted by atomic mass is 15.1. The van der Waals surface area contributed by atoms with Crippen LogP contribution in [0.4, 0.5) is 0 Å². The lowest BCUT2D eigenvalue weighted by Gasteiger charge is -2.10. The molecule has 3 heteroatoms. The molecular formula is C13H15N3. The largest absolute Gasteiger partial charge is 0.322 e. The first-order valence-corrected chi connectivity index (χ1v) is 5.65. The van der Waals surface area contributed by atoms with Gasteiger partial charge >= 0.3 is 0 Å². The number of hydrogen-bond acceptors (Lipinski definition) is 2. The van der Waals surface area contributed by atoms with Crippen LogP contribution < -0.4 is 0 Å². The molecule has 0 fully saturated rings. The Labute approximate surface area is 94.8 Å². The van der Waals surface area contributed by atoms with E-state index in [1.165, 1.54) is 27.8 Å². The van der Waals surface area contributed by atoms with Crippen LogP contribution >= 0.6 is 0 Å². The van der Waals surface area contributed by atoms with Gasteiger partial charge in [0.2, 0.25) is 0 Å². The summed E-state index contributed by atoms with van der Waals surface area (Å²) in [6.45, 7) is 8.28. The maximum atomic E-state index is 4.58. The van der Waals surface area contributed by atoms with E-state index in [-0.39, 0.29) is 0 Å². The zero-order valence-corrected chi connectivity index (χ0v) is 9.91. The maximum Gasteiger partial charge on any atom is 0.140 e. The molecule has 2 aromatic rings. The Morgan fingerprint density at radius 2 is 2.00 bits per heavy atom. The van der Waals surface area contributed by atoms with Gasteiger partial charge in [-0.1, -0.05) is 0 Å². The zero-order valence-electron chi connectivity index (χ0n) is 9.91. The zero-order chi connectivity index (χ0) is 11.3. The van der Waals surface area contributed by atoms with E-state index in [0.717, 1.165) is 18.7 Å². The van der Waals surface area contributed by atoms with Crippen molar-refractivity contribution < 1.29 is 0 Å². The Bertz CT molecular complexity index is 605. The van der Waals surface area contributed by atoms with Crippen molar-refractivity contribution in [2.75, 3.05) is 6.54 Å². The molecule has 0 aromatic carbocycles. The van der Waals surface area contributed by atoms with Crippen LogP contribution in [0.5, 0.6) is 0 Å². The highest BCUT2D eigenvalue weighted by Crippen LogP contribution is 2.28. The summed E-state index contributed by atoms with van der Waals surface area (Å²) in [5.41, 5.74) is 6.25. The molecule has 3 nitrogen and oxygen atoms in total. The number of nitrogens with zero attached hydrogens (tertiary/aromatic N) is 3. The third-order valence-electron chi connectivity index (χ3n) is 3.54. The Morgan fingerprint density at radius 1 is 1.19 bits per heavy atom. The number of pyridine rings is 1. The van der Waals surface area contributed by atoms with Gasteiger partial charge < -0.3 is 4.57 Å². The molecule has 16 heavy (non-hydrogen) atoms. The maximum absolute atomic E-state index is 4.58. The summed E-state index contributed by atoms with van der Waals surface area (Å²) < 4.78 is 2.28. The third kappa shape index (κ3) is 1.08. The van der Waals surface area contributed by atoms with Crippen LogP contribution in [0.25, 0.3) is 11.0 Å². The predicted molar refractivity (Wildman–Crippen MR) is 66.4 cm³/mol. The van der Waals surface area contributed by atoms with Crippen LogP contribution in [0.3, 0.4) is 0 Å². The summed E-state index contributed by atoms with van der Waals surface area (Å²) in [6, 6.07) is 0. The van der Waals surface area contributed by atoms with Crippen LogP contribution in [0.1, 0.15) is 22.4 Å². The highest BCUT2D eigenvalue weighted by Gasteiger charge is 2.17. The molecule has 0 saturated carbocycles. The Morgan fingerprint density at radius 3 is 2.81 bits per heavy atom. The fraction of sp³-hybridized carbons (Fsp3) is 0.385. The van der Waals surface area contributed by atoms with Gasteiger partial charge in [-0.05, 0) is 37.5 Å². The standard InChI is InChI=1S/C13H15N3/c1-8-6-15-13-12(9(8)2)10(3)11-7-14-4-5-16(11)13/h6-7H,4-5H2,1-3H3. The molecule has 0 aliphatic carbocycles. The number of hydrogen-bond donors (Lipinski definition) is 0. The first-order chi connectivity index (χ1) is 7.70. The van der Waals surface area contributed by atoms with E-state index >= 15 is 0 Å². The van der Waals surface area contributed by atoms with Crippen LogP contribution in [0, 0.1) is 20.8 Å². The molecule has 0 amide bonds. The van der Waals surface area contributed by atoms with E-state index in [4.69, 9.17) is 0 Å². The lowest BCUT2D eigenvalue weighted by Crippen LogP contribution is -2.11. The van der Waals surface area contributed by atoms with E-state index in [0.29, 0.717) is 0 Å². The second-order valence-corrected chi connectivity index (χ2v) is 4.46. The van der Waals surface area contributed by atoms with E-state index in [1.807, 2.05) is 12.4 Å². The topological polar surface area (TPSA) is 30.2 Å². The summed E-state index contributed by atoms with van der Waals surface area (Å²) in [5, 5.41) is 1.31. The van der Waals surface area contributed by atoms with Crippen molar-refractivity contribution in [1.29, 1.82) is 0 Å². The molecule has 0 radical (unpaired) electrons. The summed E-state index contributed by atoms with van der Waals surface area (Å²) in [5.74, 6) is 0. The van der Waals surface area contributed by atoms with E-state index in [9.17, 15) is 0 Å². The molecule has 1 aliphatic heterocycles. The number of fused-ring (bicyclic) bond motifs is 3. The van der Waals surface area contributed by atoms with Crippen molar-refractivity contribution in [3.8, 4) is 0 Å². The smallest absolute Gasteiger partial charge is 0.140 e. The number of aliphatic imine (C=N–C) groups is 1. The predicted octanol–water partition coefficient (Wildman–Crippen LogP) is 2.39. The molecule has 1 aliphatic rings. The highest BCUT2D eigenvalue weighted by molar-refractivity contribution is 5.95. The van der Waals surface area contributed by atoms with Gasteiger partial charge in [-0.2, -0.15) is 0 Å². The van der Waals surface area contributed by atoms with E-state index in [2.05, 4.69) is 35.3 Å². The van der Waals surface area contributed by atoms with Gasteiger partial charge in [0.15, 0.2) is 0 Å². The fourth-order valence-electron chi connectivity index (χ4n) is 2.48. The van der Waals surface area contributed by atoms with Crippen LogP contribution in [0.15, 0.2) is 11.2 Å². The third-order valence-corrected chi connectivity index (χ3v) is 3.54. The Balaban J connectivity index is 2.50. The SMILES string of the molecule is Cc1cnc2c(c1C)c(C)c1n2CCN=C1.